The number of aryl methyl sites for hydroxylation is 2. The van der Waals surface area contributed by atoms with E-state index in [1.54, 1.807) is 6.08 Å². The SMILES string of the molecule is Cc1ccccc1C(c1ccccc1C)C(C)N=C=O. The predicted molar refractivity (Wildman–Crippen MR) is 81.8 cm³/mol. The summed E-state index contributed by atoms with van der Waals surface area (Å²) in [5.41, 5.74) is 4.86. The molecule has 0 aliphatic rings. The van der Waals surface area contributed by atoms with E-state index >= 15 is 0 Å². The first-order valence-corrected chi connectivity index (χ1v) is 6.83. The molecule has 20 heavy (non-hydrogen) atoms. The maximum Gasteiger partial charge on any atom is 0.235 e. The Bertz CT molecular complexity index is 596. The molecule has 0 saturated heterocycles. The van der Waals surface area contributed by atoms with Crippen LogP contribution in [0.3, 0.4) is 0 Å². The lowest BCUT2D eigenvalue weighted by molar-refractivity contribution is 0.552. The van der Waals surface area contributed by atoms with Crippen molar-refractivity contribution in [1.82, 2.24) is 0 Å². The molecule has 2 rings (SSSR count). The van der Waals surface area contributed by atoms with Crippen LogP contribution in [0.5, 0.6) is 0 Å². The van der Waals surface area contributed by atoms with Crippen LogP contribution in [0.4, 0.5) is 0 Å². The van der Waals surface area contributed by atoms with E-state index in [0.717, 1.165) is 0 Å². The number of rotatable bonds is 4. The second kappa shape index (κ2) is 6.31. The molecule has 0 saturated carbocycles. The largest absolute Gasteiger partial charge is 0.235 e. The van der Waals surface area contributed by atoms with E-state index in [2.05, 4.69) is 43.1 Å². The molecule has 2 heteroatoms. The van der Waals surface area contributed by atoms with Gasteiger partial charge in [0, 0.05) is 5.92 Å². The average molecular weight is 265 g/mol. The van der Waals surface area contributed by atoms with Gasteiger partial charge in [-0.3, -0.25) is 0 Å². The fourth-order valence-corrected chi connectivity index (χ4v) is 2.72. The van der Waals surface area contributed by atoms with Gasteiger partial charge in [-0.15, -0.1) is 0 Å². The molecule has 0 aliphatic heterocycles. The normalized spacial score (nSPS) is 12.0. The molecule has 0 N–H and O–H groups in total. The van der Waals surface area contributed by atoms with Crippen LogP contribution in [0, 0.1) is 13.8 Å². The molecule has 102 valence electrons. The first kappa shape index (κ1) is 14.2. The van der Waals surface area contributed by atoms with Crippen molar-refractivity contribution in [2.24, 2.45) is 4.99 Å². The van der Waals surface area contributed by atoms with E-state index in [1.807, 2.05) is 31.2 Å². The van der Waals surface area contributed by atoms with Crippen LogP contribution >= 0.6 is 0 Å². The molecule has 0 fully saturated rings. The number of benzene rings is 2. The Labute approximate surface area is 120 Å². The second-order valence-electron chi connectivity index (χ2n) is 5.15. The summed E-state index contributed by atoms with van der Waals surface area (Å²) >= 11 is 0. The van der Waals surface area contributed by atoms with Crippen molar-refractivity contribution in [3.8, 4) is 0 Å². The summed E-state index contributed by atoms with van der Waals surface area (Å²) in [5.74, 6) is 0.0823. The van der Waals surface area contributed by atoms with E-state index < -0.39 is 0 Å². The quantitative estimate of drug-likeness (QED) is 0.603. The fraction of sp³-hybridized carbons (Fsp3) is 0.278. The van der Waals surface area contributed by atoms with Crippen LogP contribution in [-0.2, 0) is 4.79 Å². The van der Waals surface area contributed by atoms with Crippen molar-refractivity contribution < 1.29 is 4.79 Å². The number of hydrogen-bond acceptors (Lipinski definition) is 2. The molecule has 0 aromatic heterocycles. The van der Waals surface area contributed by atoms with Gasteiger partial charge in [0.1, 0.15) is 0 Å². The van der Waals surface area contributed by atoms with Gasteiger partial charge >= 0.3 is 0 Å². The highest BCUT2D eigenvalue weighted by molar-refractivity contribution is 5.43. The zero-order valence-electron chi connectivity index (χ0n) is 12.1. The third-order valence-electron chi connectivity index (χ3n) is 3.79. The standard InChI is InChI=1S/C18H19NO/c1-13-8-4-6-10-16(13)18(15(3)19-12-20)17-11-7-5-9-14(17)2/h4-11,15,18H,1-3H3. The van der Waals surface area contributed by atoms with Gasteiger partial charge in [0.25, 0.3) is 0 Å². The van der Waals surface area contributed by atoms with E-state index in [0.29, 0.717) is 0 Å². The summed E-state index contributed by atoms with van der Waals surface area (Å²) in [4.78, 5) is 14.6. The molecule has 0 spiro atoms. The highest BCUT2D eigenvalue weighted by Crippen LogP contribution is 2.33. The minimum Gasteiger partial charge on any atom is -0.211 e. The van der Waals surface area contributed by atoms with E-state index in [4.69, 9.17) is 0 Å². The van der Waals surface area contributed by atoms with Crippen LogP contribution in [0.25, 0.3) is 0 Å². The van der Waals surface area contributed by atoms with Gasteiger partial charge in [0.2, 0.25) is 6.08 Å². The molecular weight excluding hydrogens is 246 g/mol. The number of nitrogens with zero attached hydrogens (tertiary/aromatic N) is 1. The molecule has 1 unspecified atom stereocenters. The minimum atomic E-state index is -0.130. The summed E-state index contributed by atoms with van der Waals surface area (Å²) in [6.45, 7) is 6.16. The highest BCUT2D eigenvalue weighted by Gasteiger charge is 2.23. The molecule has 0 bridgehead atoms. The van der Waals surface area contributed by atoms with E-state index in [9.17, 15) is 4.79 Å². The summed E-state index contributed by atoms with van der Waals surface area (Å²) < 4.78 is 0. The van der Waals surface area contributed by atoms with Crippen LogP contribution in [0.15, 0.2) is 53.5 Å². The molecule has 2 nitrogen and oxygen atoms in total. The lowest BCUT2D eigenvalue weighted by Crippen LogP contribution is -2.17. The summed E-state index contributed by atoms with van der Waals surface area (Å²) in [6, 6.07) is 16.4. The van der Waals surface area contributed by atoms with Crippen LogP contribution < -0.4 is 0 Å². The molecular formula is C18H19NO. The van der Waals surface area contributed by atoms with Crippen molar-refractivity contribution in [2.75, 3.05) is 0 Å². The first-order valence-electron chi connectivity index (χ1n) is 6.83. The number of isocyanates is 1. The van der Waals surface area contributed by atoms with Gasteiger partial charge in [-0.2, -0.15) is 0 Å². The van der Waals surface area contributed by atoms with Crippen molar-refractivity contribution in [1.29, 1.82) is 0 Å². The van der Waals surface area contributed by atoms with Crippen molar-refractivity contribution in [3.05, 3.63) is 70.8 Å². The van der Waals surface area contributed by atoms with Gasteiger partial charge < -0.3 is 0 Å². The second-order valence-corrected chi connectivity index (χ2v) is 5.15. The maximum atomic E-state index is 10.7. The maximum absolute atomic E-state index is 10.7. The third kappa shape index (κ3) is 2.87. The molecule has 0 aliphatic carbocycles. The molecule has 0 radical (unpaired) electrons. The number of carbonyl (C=O) groups excluding carboxylic acids is 1. The lowest BCUT2D eigenvalue weighted by Gasteiger charge is -2.24. The minimum absolute atomic E-state index is 0.0823. The fourth-order valence-electron chi connectivity index (χ4n) is 2.72. The zero-order valence-corrected chi connectivity index (χ0v) is 12.1. The third-order valence-corrected chi connectivity index (χ3v) is 3.79. The van der Waals surface area contributed by atoms with Crippen LogP contribution in [-0.4, -0.2) is 12.1 Å². The van der Waals surface area contributed by atoms with Crippen LogP contribution in [0.2, 0.25) is 0 Å². The van der Waals surface area contributed by atoms with Crippen molar-refractivity contribution in [3.63, 3.8) is 0 Å². The lowest BCUT2D eigenvalue weighted by atomic mass is 9.82. The Morgan fingerprint density at radius 3 is 1.75 bits per heavy atom. The Balaban J connectivity index is 2.60. The Morgan fingerprint density at radius 2 is 1.35 bits per heavy atom. The van der Waals surface area contributed by atoms with E-state index in [1.165, 1.54) is 22.3 Å². The molecule has 2 aromatic rings. The predicted octanol–water partition coefficient (Wildman–Crippen LogP) is 4.16. The van der Waals surface area contributed by atoms with Crippen molar-refractivity contribution in [2.45, 2.75) is 32.7 Å². The number of aliphatic imine (C=N–C) groups is 1. The molecule has 1 atom stereocenters. The van der Waals surface area contributed by atoms with Gasteiger partial charge in [-0.1, -0.05) is 48.5 Å². The molecule has 2 aromatic carbocycles. The summed E-state index contributed by atoms with van der Waals surface area (Å²) in [6.07, 6.45) is 1.70. The van der Waals surface area contributed by atoms with Gasteiger partial charge in [-0.25, -0.2) is 9.79 Å². The van der Waals surface area contributed by atoms with E-state index in [-0.39, 0.29) is 12.0 Å². The Morgan fingerprint density at radius 1 is 0.900 bits per heavy atom. The smallest absolute Gasteiger partial charge is 0.211 e. The van der Waals surface area contributed by atoms with Gasteiger partial charge in [0.15, 0.2) is 0 Å². The number of hydrogen-bond donors (Lipinski definition) is 0. The van der Waals surface area contributed by atoms with Crippen molar-refractivity contribution >= 4 is 6.08 Å². The molecule has 0 heterocycles. The Kier molecular flexibility index (Phi) is 4.49. The Hall–Kier alpha value is -2.18. The highest BCUT2D eigenvalue weighted by atomic mass is 16.1. The molecule has 0 amide bonds. The monoisotopic (exact) mass is 265 g/mol. The first-order chi connectivity index (χ1) is 9.65. The average Bonchev–Trinajstić information content (AvgIpc) is 2.43. The zero-order chi connectivity index (χ0) is 14.5. The van der Waals surface area contributed by atoms with Crippen LogP contribution in [0.1, 0.15) is 35.1 Å². The van der Waals surface area contributed by atoms with Gasteiger partial charge in [-0.05, 0) is 43.0 Å². The van der Waals surface area contributed by atoms with Gasteiger partial charge in [0.05, 0.1) is 6.04 Å². The summed E-state index contributed by atoms with van der Waals surface area (Å²) in [7, 11) is 0. The topological polar surface area (TPSA) is 29.4 Å². The summed E-state index contributed by atoms with van der Waals surface area (Å²) in [5, 5.41) is 0.